The van der Waals surface area contributed by atoms with Crippen molar-refractivity contribution in [2.75, 3.05) is 18.4 Å². The number of hydrogen-bond acceptors (Lipinski definition) is 6. The average Bonchev–Trinajstić information content (AvgIpc) is 3.21. The second-order valence-corrected chi connectivity index (χ2v) is 9.46. The molecule has 10 heteroatoms. The number of sulfonamides is 1. The van der Waals surface area contributed by atoms with Crippen molar-refractivity contribution in [1.29, 1.82) is 0 Å². The molecule has 3 aromatic rings. The topological polar surface area (TPSA) is 110 Å². The molecule has 0 radical (unpaired) electrons. The maximum Gasteiger partial charge on any atom is 0.243 e. The number of benzene rings is 2. The SMILES string of the molecule is Cc1nnnn1-c1cccc(NC(=O)Cc2ccc(S(=O)(=O)N3CCCCC3)cc2)c1. The highest BCUT2D eigenvalue weighted by molar-refractivity contribution is 7.89. The highest BCUT2D eigenvalue weighted by atomic mass is 32.2. The van der Waals surface area contributed by atoms with Gasteiger partial charge in [-0.05, 0) is 66.1 Å². The predicted molar refractivity (Wildman–Crippen MR) is 115 cm³/mol. The third-order valence-corrected chi connectivity index (χ3v) is 7.15. The first kappa shape index (κ1) is 21.1. The Balaban J connectivity index is 1.41. The Morgan fingerprint density at radius 3 is 2.48 bits per heavy atom. The lowest BCUT2D eigenvalue weighted by atomic mass is 10.1. The molecule has 162 valence electrons. The largest absolute Gasteiger partial charge is 0.326 e. The molecule has 0 aliphatic carbocycles. The van der Waals surface area contributed by atoms with E-state index in [4.69, 9.17) is 0 Å². The lowest BCUT2D eigenvalue weighted by Crippen LogP contribution is -2.35. The fourth-order valence-corrected chi connectivity index (χ4v) is 5.13. The number of amides is 1. The van der Waals surface area contributed by atoms with E-state index in [1.54, 1.807) is 48.0 Å². The summed E-state index contributed by atoms with van der Waals surface area (Å²) in [6.07, 6.45) is 2.99. The quantitative estimate of drug-likeness (QED) is 0.630. The smallest absolute Gasteiger partial charge is 0.243 e. The van der Waals surface area contributed by atoms with Crippen LogP contribution < -0.4 is 5.32 Å². The van der Waals surface area contributed by atoms with Gasteiger partial charge in [-0.2, -0.15) is 8.99 Å². The standard InChI is InChI=1S/C21H24N6O3S/c1-16-23-24-25-27(16)19-7-5-6-18(15-19)22-21(28)14-17-8-10-20(11-9-17)31(29,30)26-12-3-2-4-13-26/h5-11,15H,2-4,12-14H2,1H3,(H,22,28). The van der Waals surface area contributed by atoms with Crippen molar-refractivity contribution < 1.29 is 13.2 Å². The van der Waals surface area contributed by atoms with E-state index in [2.05, 4.69) is 20.8 Å². The molecule has 1 aliphatic rings. The second-order valence-electron chi connectivity index (χ2n) is 7.52. The van der Waals surface area contributed by atoms with E-state index >= 15 is 0 Å². The maximum atomic E-state index is 12.7. The number of hydrogen-bond donors (Lipinski definition) is 1. The van der Waals surface area contributed by atoms with E-state index in [1.165, 1.54) is 4.31 Å². The molecule has 2 aromatic carbocycles. The van der Waals surface area contributed by atoms with Gasteiger partial charge >= 0.3 is 0 Å². The highest BCUT2D eigenvalue weighted by Crippen LogP contribution is 2.21. The molecule has 1 aliphatic heterocycles. The third kappa shape index (κ3) is 4.80. The number of nitrogens with one attached hydrogen (secondary N) is 1. The third-order valence-electron chi connectivity index (χ3n) is 5.24. The van der Waals surface area contributed by atoms with Crippen molar-refractivity contribution in [3.05, 3.63) is 59.9 Å². The molecule has 0 atom stereocenters. The molecule has 1 saturated heterocycles. The maximum absolute atomic E-state index is 12.7. The van der Waals surface area contributed by atoms with Crippen LogP contribution in [0.4, 0.5) is 5.69 Å². The summed E-state index contributed by atoms with van der Waals surface area (Å²) >= 11 is 0. The fourth-order valence-electron chi connectivity index (χ4n) is 3.61. The number of aromatic nitrogens is 4. The van der Waals surface area contributed by atoms with E-state index in [1.807, 2.05) is 12.1 Å². The number of carbonyl (C=O) groups excluding carboxylic acids is 1. The van der Waals surface area contributed by atoms with E-state index in [0.29, 0.717) is 24.6 Å². The summed E-state index contributed by atoms with van der Waals surface area (Å²) in [5.41, 5.74) is 2.11. The van der Waals surface area contributed by atoms with Crippen LogP contribution in [0.5, 0.6) is 0 Å². The van der Waals surface area contributed by atoms with Gasteiger partial charge in [-0.15, -0.1) is 5.10 Å². The highest BCUT2D eigenvalue weighted by Gasteiger charge is 2.25. The molecule has 0 unspecified atom stereocenters. The Kier molecular flexibility index (Phi) is 6.10. The van der Waals surface area contributed by atoms with Crippen LogP contribution in [0.2, 0.25) is 0 Å². The number of nitrogens with zero attached hydrogens (tertiary/aromatic N) is 5. The minimum Gasteiger partial charge on any atom is -0.326 e. The van der Waals surface area contributed by atoms with Crippen LogP contribution in [0.1, 0.15) is 30.7 Å². The van der Waals surface area contributed by atoms with Gasteiger partial charge in [0.05, 0.1) is 17.0 Å². The Morgan fingerprint density at radius 2 is 1.81 bits per heavy atom. The molecule has 9 nitrogen and oxygen atoms in total. The normalized spacial score (nSPS) is 15.0. The summed E-state index contributed by atoms with van der Waals surface area (Å²) in [5.74, 6) is 0.445. The van der Waals surface area contributed by atoms with Gasteiger partial charge in [-0.1, -0.05) is 24.6 Å². The van der Waals surface area contributed by atoms with Gasteiger partial charge < -0.3 is 5.32 Å². The predicted octanol–water partition coefficient (Wildman–Crippen LogP) is 2.33. The average molecular weight is 441 g/mol. The lowest BCUT2D eigenvalue weighted by Gasteiger charge is -2.25. The van der Waals surface area contributed by atoms with Crippen LogP contribution >= 0.6 is 0 Å². The number of carbonyl (C=O) groups is 1. The minimum absolute atomic E-state index is 0.137. The second kappa shape index (κ2) is 8.94. The molecule has 1 amide bonds. The van der Waals surface area contributed by atoms with Gasteiger partial charge in [0.1, 0.15) is 0 Å². The number of aryl methyl sites for hydroxylation is 1. The van der Waals surface area contributed by atoms with Gasteiger partial charge in [0.2, 0.25) is 15.9 Å². The molecule has 1 N–H and O–H groups in total. The van der Waals surface area contributed by atoms with Crippen molar-refractivity contribution in [3.63, 3.8) is 0 Å². The summed E-state index contributed by atoms with van der Waals surface area (Å²) < 4.78 is 28.6. The Hall–Kier alpha value is -3.11. The summed E-state index contributed by atoms with van der Waals surface area (Å²) in [4.78, 5) is 12.8. The Bertz CT molecular complexity index is 1170. The molecular formula is C21H24N6O3S. The zero-order valence-electron chi connectivity index (χ0n) is 17.2. The number of anilines is 1. The van der Waals surface area contributed by atoms with E-state index in [0.717, 1.165) is 30.5 Å². The first-order valence-corrected chi connectivity index (χ1v) is 11.6. The minimum atomic E-state index is -3.47. The monoisotopic (exact) mass is 440 g/mol. The van der Waals surface area contributed by atoms with Crippen LogP contribution in [-0.4, -0.2) is 51.9 Å². The van der Waals surface area contributed by atoms with E-state index in [9.17, 15) is 13.2 Å². The van der Waals surface area contributed by atoms with Crippen LogP contribution in [0, 0.1) is 6.92 Å². The number of piperidine rings is 1. The molecule has 0 bridgehead atoms. The number of rotatable bonds is 6. The summed E-state index contributed by atoms with van der Waals surface area (Å²) in [5, 5.41) is 14.3. The zero-order valence-corrected chi connectivity index (χ0v) is 18.0. The van der Waals surface area contributed by atoms with Crippen molar-refractivity contribution in [2.24, 2.45) is 0 Å². The van der Waals surface area contributed by atoms with Crippen LogP contribution in [0.3, 0.4) is 0 Å². The molecule has 1 aromatic heterocycles. The van der Waals surface area contributed by atoms with Crippen molar-refractivity contribution in [1.82, 2.24) is 24.5 Å². The Morgan fingerprint density at radius 1 is 1.06 bits per heavy atom. The molecule has 1 fully saturated rings. The van der Waals surface area contributed by atoms with Gasteiger partial charge in [-0.3, -0.25) is 4.79 Å². The lowest BCUT2D eigenvalue weighted by molar-refractivity contribution is -0.115. The summed E-state index contributed by atoms with van der Waals surface area (Å²) in [6, 6.07) is 13.8. The van der Waals surface area contributed by atoms with E-state index in [-0.39, 0.29) is 17.2 Å². The zero-order chi connectivity index (χ0) is 21.8. The molecule has 4 rings (SSSR count). The molecular weight excluding hydrogens is 416 g/mol. The van der Waals surface area contributed by atoms with E-state index < -0.39 is 10.0 Å². The van der Waals surface area contributed by atoms with Crippen LogP contribution in [-0.2, 0) is 21.2 Å². The van der Waals surface area contributed by atoms with Gasteiger partial charge in [0.15, 0.2) is 5.82 Å². The van der Waals surface area contributed by atoms with Crippen LogP contribution in [0.25, 0.3) is 5.69 Å². The Labute approximate surface area is 181 Å². The van der Waals surface area contributed by atoms with Crippen molar-refractivity contribution in [2.45, 2.75) is 37.5 Å². The van der Waals surface area contributed by atoms with Crippen molar-refractivity contribution in [3.8, 4) is 5.69 Å². The summed E-state index contributed by atoms with van der Waals surface area (Å²) in [6.45, 7) is 2.92. The molecule has 2 heterocycles. The first-order chi connectivity index (χ1) is 14.9. The van der Waals surface area contributed by atoms with Gasteiger partial charge in [-0.25, -0.2) is 8.42 Å². The van der Waals surface area contributed by atoms with Gasteiger partial charge in [0, 0.05) is 18.8 Å². The molecule has 0 saturated carbocycles. The fraction of sp³-hybridized carbons (Fsp3) is 0.333. The van der Waals surface area contributed by atoms with Crippen LogP contribution in [0.15, 0.2) is 53.4 Å². The van der Waals surface area contributed by atoms with Gasteiger partial charge in [0.25, 0.3) is 0 Å². The first-order valence-electron chi connectivity index (χ1n) is 10.2. The van der Waals surface area contributed by atoms with Crippen molar-refractivity contribution >= 4 is 21.6 Å². The molecule has 31 heavy (non-hydrogen) atoms. The number of tetrazole rings is 1. The molecule has 0 spiro atoms. The summed E-state index contributed by atoms with van der Waals surface area (Å²) in [7, 11) is -3.47.